The molecule has 1 rings (SSSR count). The highest BCUT2D eigenvalue weighted by atomic mass is 35.5. The third-order valence-corrected chi connectivity index (χ3v) is 2.83. The molecule has 0 aliphatic heterocycles. The van der Waals surface area contributed by atoms with Crippen molar-refractivity contribution in [3.63, 3.8) is 0 Å². The van der Waals surface area contributed by atoms with Gasteiger partial charge in [-0.2, -0.15) is 13.2 Å². The maximum atomic E-state index is 12.7. The number of carbonyl (C=O) groups excluding carboxylic acids is 2. The molecule has 126 valence electrons. The first-order valence-corrected chi connectivity index (χ1v) is 6.98. The normalized spacial score (nSPS) is 11.8. The van der Waals surface area contributed by atoms with E-state index >= 15 is 0 Å². The number of halogens is 4. The van der Waals surface area contributed by atoms with Gasteiger partial charge in [0, 0.05) is 12.1 Å². The highest BCUT2D eigenvalue weighted by Crippen LogP contribution is 2.35. The molecule has 0 unspecified atom stereocenters. The monoisotopic (exact) mass is 349 g/mol. The zero-order valence-electron chi connectivity index (χ0n) is 12.4. The summed E-state index contributed by atoms with van der Waals surface area (Å²) in [5.74, 6) is -1.31. The van der Waals surface area contributed by atoms with Gasteiger partial charge in [-0.3, -0.25) is 4.79 Å². The molecule has 1 aromatic carbocycles. The average molecular weight is 350 g/mol. The number of carbonyl (C=O) groups is 2. The van der Waals surface area contributed by atoms with Gasteiger partial charge in [0.05, 0.1) is 10.6 Å². The van der Waals surface area contributed by atoms with Crippen LogP contribution in [0.25, 0.3) is 6.08 Å². The molecule has 0 bridgehead atoms. The van der Waals surface area contributed by atoms with Crippen molar-refractivity contribution in [2.45, 2.75) is 26.1 Å². The van der Waals surface area contributed by atoms with Crippen molar-refractivity contribution in [1.82, 2.24) is 5.32 Å². The van der Waals surface area contributed by atoms with Gasteiger partial charge in [0.2, 0.25) is 0 Å². The molecule has 1 aromatic rings. The maximum absolute atomic E-state index is 12.7. The standard InChI is InChI=1S/C15H15ClF3NO3/c1-9(2)20-13(21)8-23-14(22)6-4-10-3-5-12(16)11(7-10)15(17,18)19/h3-7,9H,8H2,1-2H3,(H,20,21)/b6-4+. The van der Waals surface area contributed by atoms with E-state index < -0.39 is 35.2 Å². The van der Waals surface area contributed by atoms with Crippen LogP contribution in [0.4, 0.5) is 13.2 Å². The fourth-order valence-electron chi connectivity index (χ4n) is 1.58. The summed E-state index contributed by atoms with van der Waals surface area (Å²) in [6.45, 7) is 3.03. The lowest BCUT2D eigenvalue weighted by Crippen LogP contribution is -2.33. The number of esters is 1. The molecule has 0 saturated heterocycles. The Labute approximate surface area is 136 Å². The first-order valence-electron chi connectivity index (χ1n) is 6.60. The van der Waals surface area contributed by atoms with Crippen molar-refractivity contribution in [3.8, 4) is 0 Å². The quantitative estimate of drug-likeness (QED) is 0.654. The third-order valence-electron chi connectivity index (χ3n) is 2.50. The molecule has 1 amide bonds. The van der Waals surface area contributed by atoms with Crippen LogP contribution in [0.15, 0.2) is 24.3 Å². The fourth-order valence-corrected chi connectivity index (χ4v) is 1.80. The molecule has 0 radical (unpaired) electrons. The molecule has 0 spiro atoms. The molecule has 0 atom stereocenters. The number of ether oxygens (including phenoxy) is 1. The van der Waals surface area contributed by atoms with Crippen molar-refractivity contribution in [3.05, 3.63) is 40.4 Å². The van der Waals surface area contributed by atoms with Gasteiger partial charge in [-0.05, 0) is 37.6 Å². The third kappa shape index (κ3) is 6.73. The minimum atomic E-state index is -4.59. The number of hydrogen-bond acceptors (Lipinski definition) is 3. The second-order valence-corrected chi connectivity index (χ2v) is 5.31. The van der Waals surface area contributed by atoms with Crippen molar-refractivity contribution in [2.24, 2.45) is 0 Å². The first-order chi connectivity index (χ1) is 10.6. The smallest absolute Gasteiger partial charge is 0.417 e. The zero-order valence-corrected chi connectivity index (χ0v) is 13.2. The molecule has 0 heterocycles. The Morgan fingerprint density at radius 2 is 2.00 bits per heavy atom. The molecular weight excluding hydrogens is 335 g/mol. The SMILES string of the molecule is CC(C)NC(=O)COC(=O)/C=C/c1ccc(Cl)c(C(F)(F)F)c1. The Bertz CT molecular complexity index is 612. The van der Waals surface area contributed by atoms with E-state index in [1.807, 2.05) is 0 Å². The molecule has 0 aliphatic rings. The van der Waals surface area contributed by atoms with Gasteiger partial charge in [-0.1, -0.05) is 17.7 Å². The van der Waals surface area contributed by atoms with E-state index in [-0.39, 0.29) is 11.6 Å². The number of nitrogens with one attached hydrogen (secondary N) is 1. The zero-order chi connectivity index (χ0) is 17.6. The summed E-state index contributed by atoms with van der Waals surface area (Å²) >= 11 is 5.49. The number of hydrogen-bond donors (Lipinski definition) is 1. The fraction of sp³-hybridized carbons (Fsp3) is 0.333. The van der Waals surface area contributed by atoms with E-state index in [1.165, 1.54) is 6.07 Å². The Hall–Kier alpha value is -2.02. The largest absolute Gasteiger partial charge is 0.452 e. The predicted octanol–water partition coefficient (Wildman–Crippen LogP) is 3.44. The lowest BCUT2D eigenvalue weighted by Gasteiger charge is -2.09. The van der Waals surface area contributed by atoms with Crippen molar-refractivity contribution >= 4 is 29.6 Å². The van der Waals surface area contributed by atoms with Gasteiger partial charge in [0.1, 0.15) is 0 Å². The van der Waals surface area contributed by atoms with Gasteiger partial charge in [0.15, 0.2) is 6.61 Å². The van der Waals surface area contributed by atoms with Crippen LogP contribution in [-0.2, 0) is 20.5 Å². The average Bonchev–Trinajstić information content (AvgIpc) is 2.42. The van der Waals surface area contributed by atoms with Gasteiger partial charge in [0.25, 0.3) is 5.91 Å². The van der Waals surface area contributed by atoms with Crippen molar-refractivity contribution in [1.29, 1.82) is 0 Å². The molecule has 0 aromatic heterocycles. The van der Waals surface area contributed by atoms with E-state index in [0.29, 0.717) is 0 Å². The van der Waals surface area contributed by atoms with Crippen LogP contribution in [0.3, 0.4) is 0 Å². The number of rotatable bonds is 5. The molecule has 0 fully saturated rings. The Balaban J connectivity index is 2.67. The Kier molecular flexibility index (Phi) is 6.62. The maximum Gasteiger partial charge on any atom is 0.417 e. The minimum absolute atomic E-state index is 0.0911. The van der Waals surface area contributed by atoms with Gasteiger partial charge < -0.3 is 10.1 Å². The van der Waals surface area contributed by atoms with Crippen LogP contribution in [0.5, 0.6) is 0 Å². The summed E-state index contributed by atoms with van der Waals surface area (Å²) < 4.78 is 42.8. The van der Waals surface area contributed by atoms with E-state index in [1.54, 1.807) is 13.8 Å². The lowest BCUT2D eigenvalue weighted by molar-refractivity contribution is -0.143. The number of amides is 1. The molecule has 0 saturated carbocycles. The molecule has 0 aliphatic carbocycles. The molecule has 1 N–H and O–H groups in total. The van der Waals surface area contributed by atoms with Crippen LogP contribution in [-0.4, -0.2) is 24.5 Å². The minimum Gasteiger partial charge on any atom is -0.452 e. The van der Waals surface area contributed by atoms with E-state index in [2.05, 4.69) is 10.1 Å². The first kappa shape index (κ1) is 19.0. The van der Waals surface area contributed by atoms with E-state index in [0.717, 1.165) is 24.3 Å². The van der Waals surface area contributed by atoms with Gasteiger partial charge in [-0.25, -0.2) is 4.79 Å². The second kappa shape index (κ2) is 8.01. The van der Waals surface area contributed by atoms with Crippen LogP contribution in [0.2, 0.25) is 5.02 Å². The molecule has 23 heavy (non-hydrogen) atoms. The highest BCUT2D eigenvalue weighted by molar-refractivity contribution is 6.31. The number of alkyl halides is 3. The summed E-state index contributed by atoms with van der Waals surface area (Å²) in [7, 11) is 0. The van der Waals surface area contributed by atoms with Gasteiger partial charge in [-0.15, -0.1) is 0 Å². The van der Waals surface area contributed by atoms with Crippen LogP contribution >= 0.6 is 11.6 Å². The second-order valence-electron chi connectivity index (χ2n) is 4.90. The van der Waals surface area contributed by atoms with E-state index in [9.17, 15) is 22.8 Å². The van der Waals surface area contributed by atoms with E-state index in [4.69, 9.17) is 11.6 Å². The summed E-state index contributed by atoms with van der Waals surface area (Å²) in [6, 6.07) is 3.14. The van der Waals surface area contributed by atoms with Crippen molar-refractivity contribution in [2.75, 3.05) is 6.61 Å². The predicted molar refractivity (Wildman–Crippen MR) is 79.7 cm³/mol. The number of benzene rings is 1. The lowest BCUT2D eigenvalue weighted by atomic mass is 10.1. The molecule has 8 heteroatoms. The summed E-state index contributed by atoms with van der Waals surface area (Å²) in [5.41, 5.74) is -0.865. The summed E-state index contributed by atoms with van der Waals surface area (Å²) in [5, 5.41) is 2.09. The Morgan fingerprint density at radius 1 is 1.35 bits per heavy atom. The van der Waals surface area contributed by atoms with Crippen LogP contribution in [0, 0.1) is 0 Å². The van der Waals surface area contributed by atoms with Crippen molar-refractivity contribution < 1.29 is 27.5 Å². The summed E-state index contributed by atoms with van der Waals surface area (Å²) in [4.78, 5) is 22.7. The Morgan fingerprint density at radius 3 is 2.57 bits per heavy atom. The van der Waals surface area contributed by atoms with Gasteiger partial charge >= 0.3 is 12.1 Å². The van der Waals surface area contributed by atoms with Crippen LogP contribution < -0.4 is 5.32 Å². The highest BCUT2D eigenvalue weighted by Gasteiger charge is 2.33. The van der Waals surface area contributed by atoms with Crippen LogP contribution in [0.1, 0.15) is 25.0 Å². The molecule has 4 nitrogen and oxygen atoms in total. The topological polar surface area (TPSA) is 55.4 Å². The summed E-state index contributed by atoms with van der Waals surface area (Å²) in [6.07, 6.45) is -2.50. The molecular formula is C15H15ClF3NO3.